The van der Waals surface area contributed by atoms with Gasteiger partial charge >= 0.3 is 0 Å². The number of ether oxygens (including phenoxy) is 2. The molecule has 0 saturated carbocycles. The van der Waals surface area contributed by atoms with Crippen LogP contribution in [0.5, 0.6) is 5.75 Å². The minimum atomic E-state index is -0.975. The van der Waals surface area contributed by atoms with Crippen molar-refractivity contribution in [2.75, 3.05) is 49.3 Å². The topological polar surface area (TPSA) is 132 Å². The van der Waals surface area contributed by atoms with Crippen molar-refractivity contribution < 1.29 is 19.1 Å². The Balaban J connectivity index is 1.61. The van der Waals surface area contributed by atoms with Crippen molar-refractivity contribution in [2.24, 2.45) is 0 Å². The van der Waals surface area contributed by atoms with Crippen LogP contribution in [0.4, 0.5) is 17.5 Å². The Bertz CT molecular complexity index is 1330. The summed E-state index contributed by atoms with van der Waals surface area (Å²) in [6.07, 6.45) is 1.31. The van der Waals surface area contributed by atoms with Gasteiger partial charge in [-0.3, -0.25) is 9.59 Å². The van der Waals surface area contributed by atoms with Crippen LogP contribution in [0.1, 0.15) is 43.2 Å². The first kappa shape index (κ1) is 27.8. The molecule has 10 heteroatoms. The number of nitrogens with one attached hydrogen (secondary N) is 2. The van der Waals surface area contributed by atoms with E-state index < -0.39 is 5.60 Å². The van der Waals surface area contributed by atoms with Gasteiger partial charge in [0.05, 0.1) is 11.4 Å². The molecule has 1 aromatic heterocycles. The molecule has 4 N–H and O–H groups in total. The van der Waals surface area contributed by atoms with Gasteiger partial charge in [0.2, 0.25) is 5.95 Å². The number of rotatable bonds is 11. The van der Waals surface area contributed by atoms with Gasteiger partial charge in [-0.15, -0.1) is 0 Å². The lowest BCUT2D eigenvalue weighted by atomic mass is 9.98. The van der Waals surface area contributed by atoms with Crippen LogP contribution in [-0.2, 0) is 16.0 Å². The molecule has 2 amide bonds. The number of nitrogens with zero attached hydrogens (tertiary/aromatic N) is 3. The van der Waals surface area contributed by atoms with Gasteiger partial charge < -0.3 is 30.7 Å². The van der Waals surface area contributed by atoms with Gasteiger partial charge in [-0.05, 0) is 56.5 Å². The van der Waals surface area contributed by atoms with Crippen molar-refractivity contribution in [1.29, 1.82) is 0 Å². The lowest BCUT2D eigenvalue weighted by Crippen LogP contribution is -2.52. The van der Waals surface area contributed by atoms with E-state index in [0.29, 0.717) is 61.9 Å². The maximum Gasteiger partial charge on any atom is 0.270 e. The molecule has 0 bridgehead atoms. The molecule has 39 heavy (non-hydrogen) atoms. The van der Waals surface area contributed by atoms with Crippen LogP contribution < -0.4 is 26.0 Å². The molecule has 0 saturated heterocycles. The molecule has 10 nitrogen and oxygen atoms in total. The first-order chi connectivity index (χ1) is 18.7. The Labute approximate surface area is 228 Å². The lowest BCUT2D eigenvalue weighted by molar-refractivity contribution is -0.132. The number of nitrogen functional groups attached to an aromatic ring is 1. The Morgan fingerprint density at radius 2 is 1.90 bits per heavy atom. The molecular weight excluding hydrogens is 496 g/mol. The van der Waals surface area contributed by atoms with E-state index >= 15 is 0 Å². The van der Waals surface area contributed by atoms with Crippen LogP contribution in [0.2, 0.25) is 0 Å². The predicted molar refractivity (Wildman–Crippen MR) is 152 cm³/mol. The van der Waals surface area contributed by atoms with Crippen molar-refractivity contribution in [2.45, 2.75) is 39.2 Å². The van der Waals surface area contributed by atoms with Gasteiger partial charge in [0.1, 0.15) is 11.6 Å². The highest BCUT2D eigenvalue weighted by Gasteiger charge is 2.40. The lowest BCUT2D eigenvalue weighted by Gasteiger charge is -2.39. The highest BCUT2D eigenvalue weighted by atomic mass is 16.5. The molecule has 0 spiro atoms. The molecule has 0 atom stereocenters. The Morgan fingerprint density at radius 1 is 1.13 bits per heavy atom. The summed E-state index contributed by atoms with van der Waals surface area (Å²) in [5, 5.41) is 6.22. The van der Waals surface area contributed by atoms with Crippen molar-refractivity contribution >= 4 is 29.3 Å². The summed E-state index contributed by atoms with van der Waals surface area (Å²) in [6, 6.07) is 14.8. The van der Waals surface area contributed by atoms with Crippen LogP contribution in [0, 0.1) is 0 Å². The van der Waals surface area contributed by atoms with Crippen LogP contribution in [-0.4, -0.2) is 60.7 Å². The highest BCUT2D eigenvalue weighted by molar-refractivity contribution is 6.03. The predicted octanol–water partition coefficient (Wildman–Crippen LogP) is 3.67. The minimum absolute atomic E-state index is 0.111. The number of carbonyl (C=O) groups is 2. The number of hydrogen-bond acceptors (Lipinski definition) is 8. The highest BCUT2D eigenvalue weighted by Crippen LogP contribution is 2.42. The fourth-order valence-corrected chi connectivity index (χ4v) is 4.57. The Kier molecular flexibility index (Phi) is 8.65. The molecule has 0 radical (unpaired) electrons. The molecule has 0 fully saturated rings. The maximum absolute atomic E-state index is 13.3. The van der Waals surface area contributed by atoms with Gasteiger partial charge in [0.15, 0.2) is 5.60 Å². The maximum atomic E-state index is 13.3. The van der Waals surface area contributed by atoms with Gasteiger partial charge in [0, 0.05) is 44.5 Å². The van der Waals surface area contributed by atoms with E-state index in [0.717, 1.165) is 16.8 Å². The van der Waals surface area contributed by atoms with Crippen molar-refractivity contribution in [3.8, 4) is 16.9 Å². The second-order valence-electron chi connectivity index (χ2n) is 9.75. The number of methoxy groups -OCH3 is 1. The molecule has 3 aromatic rings. The van der Waals surface area contributed by atoms with Crippen molar-refractivity contribution in [1.82, 2.24) is 15.3 Å². The largest absolute Gasteiger partial charge is 0.476 e. The van der Waals surface area contributed by atoms with E-state index in [1.807, 2.05) is 43.3 Å². The summed E-state index contributed by atoms with van der Waals surface area (Å²) < 4.78 is 11.3. The second kappa shape index (κ2) is 12.1. The second-order valence-corrected chi connectivity index (χ2v) is 9.75. The number of benzene rings is 2. The molecular formula is C29H36N6O4. The van der Waals surface area contributed by atoms with Gasteiger partial charge in [-0.25, -0.2) is 4.98 Å². The number of carbonyl (C=O) groups excluding carboxylic acids is 2. The third-order valence-electron chi connectivity index (χ3n) is 6.47. The normalized spacial score (nSPS) is 13.9. The number of hydrogen-bond donors (Lipinski definition) is 3. The average molecular weight is 533 g/mol. The molecule has 2 heterocycles. The number of amides is 2. The monoisotopic (exact) mass is 532 g/mol. The van der Waals surface area contributed by atoms with Crippen molar-refractivity contribution in [3.63, 3.8) is 0 Å². The molecule has 0 aliphatic carbocycles. The molecule has 0 unspecified atom stereocenters. The molecule has 4 rings (SSSR count). The summed E-state index contributed by atoms with van der Waals surface area (Å²) >= 11 is 0. The quantitative estimate of drug-likeness (QED) is 0.319. The zero-order valence-corrected chi connectivity index (χ0v) is 22.9. The number of fused-ring (bicyclic) bond motifs is 1. The summed E-state index contributed by atoms with van der Waals surface area (Å²) in [7, 11) is 1.64. The zero-order chi connectivity index (χ0) is 28.0. The van der Waals surface area contributed by atoms with Crippen LogP contribution in [0.3, 0.4) is 0 Å². The van der Waals surface area contributed by atoms with E-state index in [1.54, 1.807) is 38.0 Å². The first-order valence-electron chi connectivity index (χ1n) is 13.1. The van der Waals surface area contributed by atoms with Gasteiger partial charge in [0.25, 0.3) is 11.8 Å². The summed E-state index contributed by atoms with van der Waals surface area (Å²) in [6.45, 7) is 7.40. The van der Waals surface area contributed by atoms with Gasteiger partial charge in [-0.1, -0.05) is 31.2 Å². The third kappa shape index (κ3) is 6.28. The number of nitrogens with two attached hydrogens (primary N) is 1. The number of anilines is 3. The Morgan fingerprint density at radius 3 is 2.62 bits per heavy atom. The molecule has 2 aromatic carbocycles. The van der Waals surface area contributed by atoms with Crippen LogP contribution >= 0.6 is 0 Å². The van der Waals surface area contributed by atoms with Crippen molar-refractivity contribution in [3.05, 3.63) is 59.8 Å². The zero-order valence-electron chi connectivity index (χ0n) is 22.9. The van der Waals surface area contributed by atoms with Gasteiger partial charge in [-0.2, -0.15) is 4.98 Å². The average Bonchev–Trinajstić information content (AvgIpc) is 2.93. The van der Waals surface area contributed by atoms with E-state index in [-0.39, 0.29) is 17.8 Å². The third-order valence-corrected chi connectivity index (χ3v) is 6.47. The smallest absolute Gasteiger partial charge is 0.270 e. The fourth-order valence-electron chi connectivity index (χ4n) is 4.57. The fraction of sp³-hybridized carbons (Fsp3) is 0.379. The number of aromatic nitrogens is 2. The van der Waals surface area contributed by atoms with E-state index in [4.69, 9.17) is 15.2 Å². The summed E-state index contributed by atoms with van der Waals surface area (Å²) in [5.41, 5.74) is 8.74. The summed E-state index contributed by atoms with van der Waals surface area (Å²) in [4.78, 5) is 36.4. The molecule has 206 valence electrons. The standard InChI is InChI=1S/C29H36N6O4/c1-5-21-24(25(34-28(30)33-21)31-14-15-32-26(36)19-10-7-6-8-11-19)20-12-13-23-22(18-20)35(16-9-17-38-4)27(37)29(2,3)39-23/h6-8,10-13,18H,5,9,14-17H2,1-4H3,(H,32,36)(H3,30,31,33,34). The van der Waals surface area contributed by atoms with E-state index in [2.05, 4.69) is 20.6 Å². The van der Waals surface area contributed by atoms with E-state index in [1.165, 1.54) is 0 Å². The van der Waals surface area contributed by atoms with Crippen LogP contribution in [0.15, 0.2) is 48.5 Å². The van der Waals surface area contributed by atoms with Crippen LogP contribution in [0.25, 0.3) is 11.1 Å². The summed E-state index contributed by atoms with van der Waals surface area (Å²) in [5.74, 6) is 1.09. The Hall–Kier alpha value is -4.18. The molecule has 1 aliphatic heterocycles. The SMILES string of the molecule is CCc1nc(N)nc(NCCNC(=O)c2ccccc2)c1-c1ccc2c(c1)N(CCCOC)C(=O)C(C)(C)O2. The van der Waals surface area contributed by atoms with E-state index in [9.17, 15) is 9.59 Å². The first-order valence-corrected chi connectivity index (χ1v) is 13.1. The minimum Gasteiger partial charge on any atom is -0.476 e. The molecule has 1 aliphatic rings. The number of aryl methyl sites for hydroxylation is 1.